The second-order valence-electron chi connectivity index (χ2n) is 4.25. The fourth-order valence-electron chi connectivity index (χ4n) is 1.68. The first-order chi connectivity index (χ1) is 8.06. The zero-order chi connectivity index (χ0) is 12.8. The molecule has 0 spiro atoms. The molecular weight excluding hydrogens is 218 g/mol. The van der Waals surface area contributed by atoms with Crippen LogP contribution in [0.2, 0.25) is 0 Å². The SMILES string of the molecule is COc1ccccc1CN[C@@H](C(=O)O)C(C)C. The third-order valence-electron chi connectivity index (χ3n) is 2.64. The Morgan fingerprint density at radius 3 is 2.59 bits per heavy atom. The normalized spacial score (nSPS) is 12.5. The number of ether oxygens (including phenoxy) is 1. The summed E-state index contributed by atoms with van der Waals surface area (Å²) in [5.74, 6) is -0.00926. The molecule has 0 saturated heterocycles. The molecule has 0 aromatic heterocycles. The van der Waals surface area contributed by atoms with Gasteiger partial charge in [0.2, 0.25) is 0 Å². The monoisotopic (exact) mass is 237 g/mol. The summed E-state index contributed by atoms with van der Waals surface area (Å²) in [4.78, 5) is 11.0. The standard InChI is InChI=1S/C13H19NO3/c1-9(2)12(13(15)16)14-8-10-6-4-5-7-11(10)17-3/h4-7,9,12,14H,8H2,1-3H3,(H,15,16)/t12-/m1/s1. The van der Waals surface area contributed by atoms with E-state index in [1.54, 1.807) is 7.11 Å². The van der Waals surface area contributed by atoms with Crippen LogP contribution in [0.5, 0.6) is 5.75 Å². The van der Waals surface area contributed by atoms with E-state index in [1.165, 1.54) is 0 Å². The lowest BCUT2D eigenvalue weighted by Crippen LogP contribution is -2.40. The molecule has 4 heteroatoms. The lowest BCUT2D eigenvalue weighted by Gasteiger charge is -2.18. The van der Waals surface area contributed by atoms with Crippen LogP contribution in [-0.4, -0.2) is 24.2 Å². The highest BCUT2D eigenvalue weighted by Crippen LogP contribution is 2.17. The van der Waals surface area contributed by atoms with Crippen molar-refractivity contribution < 1.29 is 14.6 Å². The fraction of sp³-hybridized carbons (Fsp3) is 0.462. The Balaban J connectivity index is 2.68. The number of hydrogen-bond acceptors (Lipinski definition) is 3. The van der Waals surface area contributed by atoms with E-state index in [-0.39, 0.29) is 5.92 Å². The van der Waals surface area contributed by atoms with E-state index >= 15 is 0 Å². The molecule has 0 aliphatic carbocycles. The smallest absolute Gasteiger partial charge is 0.320 e. The van der Waals surface area contributed by atoms with Gasteiger partial charge in [-0.15, -0.1) is 0 Å². The highest BCUT2D eigenvalue weighted by Gasteiger charge is 2.20. The predicted molar refractivity (Wildman–Crippen MR) is 66.1 cm³/mol. The second kappa shape index (κ2) is 6.25. The van der Waals surface area contributed by atoms with Crippen molar-refractivity contribution in [2.24, 2.45) is 5.92 Å². The number of carboxylic acids is 1. The van der Waals surface area contributed by atoms with Gasteiger partial charge in [0.15, 0.2) is 0 Å². The molecule has 1 aromatic carbocycles. The first-order valence-corrected chi connectivity index (χ1v) is 5.64. The lowest BCUT2D eigenvalue weighted by molar-refractivity contribution is -0.140. The number of benzene rings is 1. The number of nitrogens with one attached hydrogen (secondary N) is 1. The Hall–Kier alpha value is -1.55. The van der Waals surface area contributed by atoms with Gasteiger partial charge < -0.3 is 9.84 Å². The van der Waals surface area contributed by atoms with Crippen LogP contribution in [0.1, 0.15) is 19.4 Å². The number of para-hydroxylation sites is 1. The maximum absolute atomic E-state index is 11.0. The van der Waals surface area contributed by atoms with Crippen molar-refractivity contribution >= 4 is 5.97 Å². The van der Waals surface area contributed by atoms with Crippen LogP contribution in [-0.2, 0) is 11.3 Å². The summed E-state index contributed by atoms with van der Waals surface area (Å²) in [6.45, 7) is 4.25. The van der Waals surface area contributed by atoms with E-state index in [1.807, 2.05) is 38.1 Å². The van der Waals surface area contributed by atoms with Gasteiger partial charge in [0, 0.05) is 12.1 Å². The van der Waals surface area contributed by atoms with Crippen molar-refractivity contribution in [2.75, 3.05) is 7.11 Å². The third-order valence-corrected chi connectivity index (χ3v) is 2.64. The van der Waals surface area contributed by atoms with Gasteiger partial charge in [-0.25, -0.2) is 0 Å². The summed E-state index contributed by atoms with van der Waals surface area (Å²) in [5.41, 5.74) is 0.960. The van der Waals surface area contributed by atoms with Crippen LogP contribution in [0.25, 0.3) is 0 Å². The molecule has 0 unspecified atom stereocenters. The van der Waals surface area contributed by atoms with E-state index in [4.69, 9.17) is 9.84 Å². The van der Waals surface area contributed by atoms with Crippen LogP contribution >= 0.6 is 0 Å². The summed E-state index contributed by atoms with van der Waals surface area (Å²) in [6, 6.07) is 7.04. The van der Waals surface area contributed by atoms with Gasteiger partial charge in [-0.3, -0.25) is 10.1 Å². The molecule has 0 heterocycles. The molecule has 1 atom stereocenters. The maximum atomic E-state index is 11.0. The number of hydrogen-bond donors (Lipinski definition) is 2. The summed E-state index contributed by atoms with van der Waals surface area (Å²) in [6.07, 6.45) is 0. The topological polar surface area (TPSA) is 58.6 Å². The van der Waals surface area contributed by atoms with E-state index in [2.05, 4.69) is 5.32 Å². The molecule has 4 nitrogen and oxygen atoms in total. The number of methoxy groups -OCH3 is 1. The Bertz CT molecular complexity index is 377. The number of aliphatic carboxylic acids is 1. The van der Waals surface area contributed by atoms with Gasteiger partial charge in [0.25, 0.3) is 0 Å². The number of carbonyl (C=O) groups is 1. The fourth-order valence-corrected chi connectivity index (χ4v) is 1.68. The van der Waals surface area contributed by atoms with Gasteiger partial charge in [0.1, 0.15) is 11.8 Å². The van der Waals surface area contributed by atoms with Crippen molar-refractivity contribution in [3.8, 4) is 5.75 Å². The molecular formula is C13H19NO3. The zero-order valence-electron chi connectivity index (χ0n) is 10.4. The van der Waals surface area contributed by atoms with Gasteiger partial charge in [-0.2, -0.15) is 0 Å². The van der Waals surface area contributed by atoms with Crippen molar-refractivity contribution in [3.05, 3.63) is 29.8 Å². The molecule has 17 heavy (non-hydrogen) atoms. The average Bonchev–Trinajstić information content (AvgIpc) is 2.29. The van der Waals surface area contributed by atoms with Crippen molar-refractivity contribution in [3.63, 3.8) is 0 Å². The van der Waals surface area contributed by atoms with E-state index < -0.39 is 12.0 Å². The molecule has 1 rings (SSSR count). The van der Waals surface area contributed by atoms with Gasteiger partial charge >= 0.3 is 5.97 Å². The first-order valence-electron chi connectivity index (χ1n) is 5.64. The van der Waals surface area contributed by atoms with Crippen LogP contribution in [0.15, 0.2) is 24.3 Å². The minimum Gasteiger partial charge on any atom is -0.496 e. The number of rotatable bonds is 6. The third kappa shape index (κ3) is 3.75. The molecule has 0 aliphatic rings. The Morgan fingerprint density at radius 1 is 1.41 bits per heavy atom. The molecule has 2 N–H and O–H groups in total. The second-order valence-corrected chi connectivity index (χ2v) is 4.25. The van der Waals surface area contributed by atoms with Crippen molar-refractivity contribution in [1.29, 1.82) is 0 Å². The molecule has 0 amide bonds. The summed E-state index contributed by atoms with van der Waals surface area (Å²) < 4.78 is 5.21. The molecule has 0 saturated carbocycles. The highest BCUT2D eigenvalue weighted by molar-refractivity contribution is 5.73. The molecule has 94 valence electrons. The molecule has 1 aromatic rings. The average molecular weight is 237 g/mol. The predicted octanol–water partition coefficient (Wildman–Crippen LogP) is 1.89. The minimum atomic E-state index is -0.824. The maximum Gasteiger partial charge on any atom is 0.320 e. The van der Waals surface area contributed by atoms with E-state index in [0.717, 1.165) is 11.3 Å². The van der Waals surface area contributed by atoms with Crippen molar-refractivity contribution in [2.45, 2.75) is 26.4 Å². The summed E-state index contributed by atoms with van der Waals surface area (Å²) in [5, 5.41) is 12.1. The van der Waals surface area contributed by atoms with Gasteiger partial charge in [-0.05, 0) is 12.0 Å². The Morgan fingerprint density at radius 2 is 2.06 bits per heavy atom. The summed E-state index contributed by atoms with van der Waals surface area (Å²) in [7, 11) is 1.61. The van der Waals surface area contributed by atoms with Gasteiger partial charge in [0.05, 0.1) is 7.11 Å². The molecule has 0 fully saturated rings. The Kier molecular flexibility index (Phi) is 4.97. The van der Waals surface area contributed by atoms with Crippen LogP contribution in [0.4, 0.5) is 0 Å². The minimum absolute atomic E-state index is 0.0437. The molecule has 0 bridgehead atoms. The van der Waals surface area contributed by atoms with E-state index in [9.17, 15) is 4.79 Å². The summed E-state index contributed by atoms with van der Waals surface area (Å²) >= 11 is 0. The van der Waals surface area contributed by atoms with Crippen molar-refractivity contribution in [1.82, 2.24) is 5.32 Å². The quantitative estimate of drug-likeness (QED) is 0.793. The lowest BCUT2D eigenvalue weighted by atomic mass is 10.0. The molecule has 0 radical (unpaired) electrons. The first kappa shape index (κ1) is 13.5. The van der Waals surface area contributed by atoms with Crippen LogP contribution in [0.3, 0.4) is 0 Å². The zero-order valence-corrected chi connectivity index (χ0v) is 10.4. The Labute approximate surface area is 102 Å². The number of carboxylic acid groups (broad SMARTS) is 1. The highest BCUT2D eigenvalue weighted by atomic mass is 16.5. The van der Waals surface area contributed by atoms with Gasteiger partial charge in [-0.1, -0.05) is 32.0 Å². The van der Waals surface area contributed by atoms with Crippen LogP contribution in [0, 0.1) is 5.92 Å². The van der Waals surface area contributed by atoms with Crippen LogP contribution < -0.4 is 10.1 Å². The largest absolute Gasteiger partial charge is 0.496 e. The molecule has 0 aliphatic heterocycles. The van der Waals surface area contributed by atoms with E-state index in [0.29, 0.717) is 6.54 Å².